The average molecular weight is 602 g/mol. The number of aliphatic hydroxyl groups excluding tert-OH is 1. The number of nitro groups is 1. The van der Waals surface area contributed by atoms with Crippen molar-refractivity contribution < 1.29 is 29.2 Å². The minimum absolute atomic E-state index is 0.00496. The number of rotatable bonds is 7. The molecule has 6 rings (SSSR count). The second-order valence-corrected chi connectivity index (χ2v) is 16.2. The number of hydrogen-bond donors (Lipinski definition) is 2. The number of aryl methyl sites for hydroxylation is 1. The first-order valence-corrected chi connectivity index (χ1v) is 17.6. The van der Waals surface area contributed by atoms with Crippen LogP contribution in [0.15, 0.2) is 66.7 Å². The smallest absolute Gasteiger partial charge is 0.269 e. The third-order valence-corrected chi connectivity index (χ3v) is 11.7. The van der Waals surface area contributed by atoms with Crippen LogP contribution >= 0.6 is 0 Å². The highest BCUT2D eigenvalue weighted by Crippen LogP contribution is 2.60. The zero-order chi connectivity index (χ0) is 30.7. The number of anilines is 3. The fourth-order valence-electron chi connectivity index (χ4n) is 7.42. The van der Waals surface area contributed by atoms with Crippen LogP contribution in [0.3, 0.4) is 0 Å². The van der Waals surface area contributed by atoms with Gasteiger partial charge in [0.2, 0.25) is 5.91 Å². The van der Waals surface area contributed by atoms with E-state index >= 15 is 0 Å². The van der Waals surface area contributed by atoms with Crippen LogP contribution in [0.5, 0.6) is 0 Å². The Bertz CT molecular complexity index is 1620. The van der Waals surface area contributed by atoms with Crippen LogP contribution in [0, 0.1) is 16.0 Å². The summed E-state index contributed by atoms with van der Waals surface area (Å²) in [6.07, 6.45) is 0.730. The molecule has 0 saturated carbocycles. The fraction of sp³-hybridized carbons (Fsp3) is 0.375. The minimum Gasteiger partial charge on any atom is -0.432 e. The number of amides is 2. The lowest BCUT2D eigenvalue weighted by Crippen LogP contribution is -2.46. The molecule has 0 bridgehead atoms. The fourth-order valence-corrected chi connectivity index (χ4v) is 10.0. The third kappa shape index (κ3) is 4.67. The quantitative estimate of drug-likeness (QED) is 0.223. The van der Waals surface area contributed by atoms with Crippen LogP contribution in [-0.2, 0) is 32.9 Å². The van der Waals surface area contributed by atoms with Crippen molar-refractivity contribution in [1.29, 1.82) is 0 Å². The molecule has 2 amide bonds. The number of carbonyl (C=O) groups excluding carboxylic acids is 2. The molecule has 10 nitrogen and oxygen atoms in total. The van der Waals surface area contributed by atoms with Gasteiger partial charge in [-0.1, -0.05) is 37.3 Å². The molecule has 224 valence electrons. The summed E-state index contributed by atoms with van der Waals surface area (Å²) in [7, 11) is -2.90. The van der Waals surface area contributed by atoms with Gasteiger partial charge >= 0.3 is 0 Å². The van der Waals surface area contributed by atoms with Crippen molar-refractivity contribution in [3.05, 3.63) is 93.5 Å². The van der Waals surface area contributed by atoms with Gasteiger partial charge < -0.3 is 19.5 Å². The van der Waals surface area contributed by atoms with Gasteiger partial charge in [-0.25, -0.2) is 0 Å². The number of aliphatic hydroxyl groups is 1. The molecule has 3 aliphatic heterocycles. The minimum atomic E-state index is -2.90. The molecule has 1 saturated heterocycles. The van der Waals surface area contributed by atoms with Crippen molar-refractivity contribution in [3.63, 3.8) is 0 Å². The van der Waals surface area contributed by atoms with E-state index in [-0.39, 0.29) is 42.6 Å². The van der Waals surface area contributed by atoms with Gasteiger partial charge in [0.25, 0.3) is 11.6 Å². The molecule has 1 fully saturated rings. The van der Waals surface area contributed by atoms with Crippen molar-refractivity contribution in [2.45, 2.75) is 63.1 Å². The number of non-ortho nitro benzene ring substituents is 1. The van der Waals surface area contributed by atoms with Gasteiger partial charge in [-0.2, -0.15) is 0 Å². The van der Waals surface area contributed by atoms with Gasteiger partial charge in [0.15, 0.2) is 13.9 Å². The summed E-state index contributed by atoms with van der Waals surface area (Å²) < 4.78 is 6.56. The van der Waals surface area contributed by atoms with Crippen LogP contribution < -0.4 is 9.80 Å². The molecular weight excluding hydrogens is 566 g/mol. The molecule has 3 aromatic carbocycles. The number of para-hydroxylation sites is 1. The van der Waals surface area contributed by atoms with Gasteiger partial charge in [0.1, 0.15) is 0 Å². The van der Waals surface area contributed by atoms with E-state index in [1.807, 2.05) is 55.5 Å². The number of benzene rings is 3. The lowest BCUT2D eigenvalue weighted by atomic mass is 9.82. The highest BCUT2D eigenvalue weighted by atomic mass is 28.4. The van der Waals surface area contributed by atoms with E-state index in [0.717, 1.165) is 16.8 Å². The Morgan fingerprint density at radius 2 is 1.81 bits per heavy atom. The molecule has 0 radical (unpaired) electrons. The van der Waals surface area contributed by atoms with E-state index < -0.39 is 30.9 Å². The number of carbonyl (C=O) groups is 2. The van der Waals surface area contributed by atoms with Crippen molar-refractivity contribution in [1.82, 2.24) is 0 Å². The summed E-state index contributed by atoms with van der Waals surface area (Å²) in [5.74, 6) is -0.860. The Morgan fingerprint density at radius 1 is 1.05 bits per heavy atom. The summed E-state index contributed by atoms with van der Waals surface area (Å²) in [5, 5.41) is 21.6. The monoisotopic (exact) mass is 601 g/mol. The first-order chi connectivity index (χ1) is 20.5. The summed E-state index contributed by atoms with van der Waals surface area (Å²) >= 11 is 0. The van der Waals surface area contributed by atoms with Crippen LogP contribution in [0.2, 0.25) is 18.6 Å². The Kier molecular flexibility index (Phi) is 7.24. The van der Waals surface area contributed by atoms with Crippen LogP contribution in [0.4, 0.5) is 22.7 Å². The topological polar surface area (TPSA) is 133 Å². The van der Waals surface area contributed by atoms with Gasteiger partial charge in [-0.05, 0) is 61.3 Å². The zero-order valence-corrected chi connectivity index (χ0v) is 25.4. The first-order valence-electron chi connectivity index (χ1n) is 14.6. The Labute approximate surface area is 250 Å². The average Bonchev–Trinajstić information content (AvgIpc) is 3.39. The van der Waals surface area contributed by atoms with Crippen LogP contribution in [-0.4, -0.2) is 47.7 Å². The summed E-state index contributed by atoms with van der Waals surface area (Å²) in [4.78, 5) is 53.5. The van der Waals surface area contributed by atoms with E-state index in [9.17, 15) is 29.6 Å². The van der Waals surface area contributed by atoms with E-state index in [1.165, 1.54) is 12.1 Å². The van der Waals surface area contributed by atoms with Gasteiger partial charge in [0.05, 0.1) is 28.9 Å². The van der Waals surface area contributed by atoms with Gasteiger partial charge in [-0.15, -0.1) is 0 Å². The molecule has 11 heteroatoms. The second kappa shape index (κ2) is 10.7. The molecule has 4 atom stereocenters. The summed E-state index contributed by atoms with van der Waals surface area (Å²) in [5.41, 5.74) is 2.23. The molecule has 3 aromatic rings. The first kappa shape index (κ1) is 29.2. The van der Waals surface area contributed by atoms with Crippen LogP contribution in [0.1, 0.15) is 36.5 Å². The highest BCUT2D eigenvalue weighted by Gasteiger charge is 2.66. The SMILES string of the molecule is C[C@@H]1[C@@H]([Si](C)(C)O)[C@H](CCO)O[C@@]12C(=O)N(Cc1cccc(N3C(=O)CCc4ccccc43)c1)c1ccc([N+](=O)[O-])cc12. The van der Waals surface area contributed by atoms with Crippen molar-refractivity contribution >= 4 is 42.9 Å². The summed E-state index contributed by atoms with van der Waals surface area (Å²) in [6, 6.07) is 19.7. The molecule has 0 aromatic heterocycles. The van der Waals surface area contributed by atoms with Gasteiger partial charge in [0, 0.05) is 47.9 Å². The van der Waals surface area contributed by atoms with Crippen molar-refractivity contribution in [2.75, 3.05) is 16.4 Å². The highest BCUT2D eigenvalue weighted by molar-refractivity contribution is 6.71. The van der Waals surface area contributed by atoms with Crippen molar-refractivity contribution in [2.24, 2.45) is 5.92 Å². The second-order valence-electron chi connectivity index (χ2n) is 12.2. The molecule has 2 N–H and O–H groups in total. The van der Waals surface area contributed by atoms with E-state index in [0.29, 0.717) is 29.8 Å². The molecule has 3 heterocycles. The lowest BCUT2D eigenvalue weighted by molar-refractivity contribution is -0.385. The zero-order valence-electron chi connectivity index (χ0n) is 24.4. The van der Waals surface area contributed by atoms with E-state index in [1.54, 1.807) is 29.0 Å². The van der Waals surface area contributed by atoms with Gasteiger partial charge in [-0.3, -0.25) is 24.6 Å². The predicted octanol–water partition coefficient (Wildman–Crippen LogP) is 4.93. The maximum atomic E-state index is 14.5. The van der Waals surface area contributed by atoms with Crippen molar-refractivity contribution in [3.8, 4) is 0 Å². The number of fused-ring (bicyclic) bond motifs is 3. The maximum Gasteiger partial charge on any atom is 0.269 e. The number of ether oxygens (including phenoxy) is 1. The van der Waals surface area contributed by atoms with Crippen LogP contribution in [0.25, 0.3) is 0 Å². The summed E-state index contributed by atoms with van der Waals surface area (Å²) in [6.45, 7) is 5.40. The van der Waals surface area contributed by atoms with E-state index in [2.05, 4.69) is 0 Å². The largest absolute Gasteiger partial charge is 0.432 e. The molecule has 1 spiro atoms. The third-order valence-electron chi connectivity index (χ3n) is 9.19. The normalized spacial score (nSPS) is 24.9. The Hall–Kier alpha value is -3.90. The molecule has 3 aliphatic rings. The number of hydrogen-bond acceptors (Lipinski definition) is 7. The number of nitrogens with zero attached hydrogens (tertiary/aromatic N) is 3. The molecule has 0 unspecified atom stereocenters. The Balaban J connectivity index is 1.42. The maximum absolute atomic E-state index is 14.5. The van der Waals surface area contributed by atoms with E-state index in [4.69, 9.17) is 4.74 Å². The lowest BCUT2D eigenvalue weighted by Gasteiger charge is -2.32. The predicted molar refractivity (Wildman–Crippen MR) is 164 cm³/mol. The number of nitro benzene ring substituents is 1. The molecular formula is C32H35N3O7Si. The standard InChI is InChI=1S/C32H35N3O7Si/c1-20-30(43(2,3)41)28(15-16-36)42-32(20)25-18-24(35(39)40)12-13-27(25)33(31(32)38)19-21-7-6-9-23(17-21)34-26-10-5-4-8-22(26)11-14-29(34)37/h4-10,12-13,17-18,20,28,30,36,41H,11,14-16,19H2,1-3H3/t20-,28+,30-,32+/m1/s1. The molecule has 43 heavy (non-hydrogen) atoms. The molecule has 0 aliphatic carbocycles. The Morgan fingerprint density at radius 3 is 2.53 bits per heavy atom.